The maximum absolute atomic E-state index is 12.0. The zero-order valence-electron chi connectivity index (χ0n) is 11.5. The number of carbonyl (C=O) groups excluding carboxylic acids is 1. The number of hydrogen-bond donors (Lipinski definition) is 3. The van der Waals surface area contributed by atoms with Gasteiger partial charge in [-0.25, -0.2) is 5.43 Å². The number of rotatable bonds is 4. The van der Waals surface area contributed by atoms with Crippen LogP contribution in [-0.4, -0.2) is 17.0 Å². The van der Waals surface area contributed by atoms with E-state index in [9.17, 15) is 14.7 Å². The average molecular weight is 299 g/mol. The molecule has 20 heavy (non-hydrogen) atoms. The average Bonchev–Trinajstić information content (AvgIpc) is 2.39. The Morgan fingerprint density at radius 3 is 2.75 bits per heavy atom. The summed E-state index contributed by atoms with van der Waals surface area (Å²) < 4.78 is 0. The molecule has 0 aromatic heterocycles. The van der Waals surface area contributed by atoms with E-state index < -0.39 is 11.9 Å². The van der Waals surface area contributed by atoms with Gasteiger partial charge in [-0.15, -0.1) is 12.4 Å². The fourth-order valence-electron chi connectivity index (χ4n) is 2.65. The first kappa shape index (κ1) is 16.5. The van der Waals surface area contributed by atoms with Crippen molar-refractivity contribution in [3.8, 4) is 0 Å². The van der Waals surface area contributed by atoms with Gasteiger partial charge in [0, 0.05) is 12.1 Å². The largest absolute Gasteiger partial charge is 0.481 e. The van der Waals surface area contributed by atoms with E-state index in [1.54, 1.807) is 6.92 Å². The van der Waals surface area contributed by atoms with Gasteiger partial charge in [-0.2, -0.15) is 0 Å². The maximum atomic E-state index is 12.0. The van der Waals surface area contributed by atoms with E-state index in [1.165, 1.54) is 0 Å². The number of halogens is 1. The number of carboxylic acids is 1. The molecule has 0 saturated carbocycles. The van der Waals surface area contributed by atoms with Gasteiger partial charge < -0.3 is 5.11 Å². The molecule has 0 radical (unpaired) electrons. The third-order valence-electron chi connectivity index (χ3n) is 3.72. The molecular weight excluding hydrogens is 280 g/mol. The van der Waals surface area contributed by atoms with Crippen LogP contribution in [0, 0.1) is 5.92 Å². The van der Waals surface area contributed by atoms with Crippen LogP contribution in [0.25, 0.3) is 0 Å². The lowest BCUT2D eigenvalue weighted by molar-refractivity contribution is -0.141. The first-order chi connectivity index (χ1) is 9.06. The Hall–Kier alpha value is -1.59. The summed E-state index contributed by atoms with van der Waals surface area (Å²) in [6.45, 7) is 4.20. The molecule has 1 aromatic rings. The monoisotopic (exact) mass is 298 g/mol. The van der Waals surface area contributed by atoms with Crippen molar-refractivity contribution in [2.75, 3.05) is 0 Å². The first-order valence-electron chi connectivity index (χ1n) is 6.44. The highest BCUT2D eigenvalue weighted by Gasteiger charge is 2.29. The minimum Gasteiger partial charge on any atom is -0.481 e. The van der Waals surface area contributed by atoms with Crippen molar-refractivity contribution in [2.24, 2.45) is 5.92 Å². The fraction of sp³-hybridized carbons (Fsp3) is 0.429. The Morgan fingerprint density at radius 1 is 1.45 bits per heavy atom. The smallest absolute Gasteiger partial charge is 0.306 e. The standard InChI is InChI=1S/C14H18N2O3.ClH/c1-3-10(8(2)14(18)19)11-6-4-5-9-7-15-16-13(17)12(9)11;/h4-6,8,10,15H,3,7H2,1-2H3,(H,16,17)(H,18,19);1H. The maximum Gasteiger partial charge on any atom is 0.306 e. The number of carboxylic acid groups (broad SMARTS) is 1. The van der Waals surface area contributed by atoms with Crippen LogP contribution >= 0.6 is 12.4 Å². The molecule has 1 aliphatic rings. The van der Waals surface area contributed by atoms with Crippen LogP contribution < -0.4 is 10.9 Å². The second-order valence-electron chi connectivity index (χ2n) is 4.83. The summed E-state index contributed by atoms with van der Waals surface area (Å²) in [6, 6.07) is 5.63. The summed E-state index contributed by atoms with van der Waals surface area (Å²) in [7, 11) is 0. The summed E-state index contributed by atoms with van der Waals surface area (Å²) in [5.74, 6) is -1.69. The van der Waals surface area contributed by atoms with Gasteiger partial charge >= 0.3 is 5.97 Å². The van der Waals surface area contributed by atoms with Gasteiger partial charge in [-0.3, -0.25) is 15.0 Å². The summed E-state index contributed by atoms with van der Waals surface area (Å²) in [6.07, 6.45) is 0.685. The quantitative estimate of drug-likeness (QED) is 0.795. The lowest BCUT2D eigenvalue weighted by atomic mass is 9.81. The minimum absolute atomic E-state index is 0. The lowest BCUT2D eigenvalue weighted by Gasteiger charge is -2.26. The molecule has 5 nitrogen and oxygen atoms in total. The summed E-state index contributed by atoms with van der Waals surface area (Å²) in [4.78, 5) is 23.2. The van der Waals surface area contributed by atoms with Gasteiger partial charge in [0.25, 0.3) is 5.91 Å². The van der Waals surface area contributed by atoms with Crippen LogP contribution in [0.1, 0.15) is 47.7 Å². The van der Waals surface area contributed by atoms with Gasteiger partial charge in [-0.1, -0.05) is 32.0 Å². The second kappa shape index (κ2) is 6.72. The van der Waals surface area contributed by atoms with Crippen LogP contribution in [0.2, 0.25) is 0 Å². The van der Waals surface area contributed by atoms with E-state index in [0.29, 0.717) is 18.5 Å². The topological polar surface area (TPSA) is 78.4 Å². The fourth-order valence-corrected chi connectivity index (χ4v) is 2.65. The van der Waals surface area contributed by atoms with Gasteiger partial charge in [-0.05, 0) is 23.5 Å². The molecule has 6 heteroatoms. The highest BCUT2D eigenvalue weighted by molar-refractivity contribution is 5.98. The second-order valence-corrected chi connectivity index (χ2v) is 4.83. The number of hydrazine groups is 1. The molecule has 1 aliphatic heterocycles. The Labute approximate surface area is 124 Å². The normalized spacial score (nSPS) is 16.4. The molecule has 0 aliphatic carbocycles. The number of hydrogen-bond acceptors (Lipinski definition) is 3. The molecule has 1 aromatic carbocycles. The van der Waals surface area contributed by atoms with E-state index in [2.05, 4.69) is 10.9 Å². The molecule has 0 saturated heterocycles. The van der Waals surface area contributed by atoms with Crippen molar-refractivity contribution in [1.82, 2.24) is 10.9 Å². The SMILES string of the molecule is CCC(c1cccc2c1C(=O)NNC2)C(C)C(=O)O.Cl. The van der Waals surface area contributed by atoms with E-state index in [0.717, 1.165) is 11.1 Å². The molecular formula is C14H19ClN2O3. The zero-order valence-corrected chi connectivity index (χ0v) is 12.3. The molecule has 1 heterocycles. The molecule has 2 atom stereocenters. The number of amides is 1. The molecule has 2 unspecified atom stereocenters. The number of aliphatic carboxylic acids is 1. The van der Waals surface area contributed by atoms with E-state index >= 15 is 0 Å². The van der Waals surface area contributed by atoms with E-state index in [1.807, 2.05) is 25.1 Å². The van der Waals surface area contributed by atoms with Crippen molar-refractivity contribution in [2.45, 2.75) is 32.7 Å². The van der Waals surface area contributed by atoms with Gasteiger partial charge in [0.15, 0.2) is 0 Å². The van der Waals surface area contributed by atoms with Crippen molar-refractivity contribution in [3.05, 3.63) is 34.9 Å². The predicted octanol–water partition coefficient (Wildman–Crippen LogP) is 2.07. The van der Waals surface area contributed by atoms with Crippen LogP contribution in [0.5, 0.6) is 0 Å². The first-order valence-corrected chi connectivity index (χ1v) is 6.44. The Balaban J connectivity index is 0.00000200. The molecule has 1 amide bonds. The molecule has 0 bridgehead atoms. The molecule has 2 rings (SSSR count). The molecule has 0 spiro atoms. The van der Waals surface area contributed by atoms with E-state index in [4.69, 9.17) is 0 Å². The van der Waals surface area contributed by atoms with Crippen LogP contribution in [0.3, 0.4) is 0 Å². The Bertz CT molecular complexity index is 519. The van der Waals surface area contributed by atoms with Crippen molar-refractivity contribution >= 4 is 24.3 Å². The highest BCUT2D eigenvalue weighted by atomic mass is 35.5. The van der Waals surface area contributed by atoms with E-state index in [-0.39, 0.29) is 24.2 Å². The summed E-state index contributed by atoms with van der Waals surface area (Å²) in [5.41, 5.74) is 7.77. The van der Waals surface area contributed by atoms with Gasteiger partial charge in [0.1, 0.15) is 0 Å². The number of benzene rings is 1. The molecule has 3 N–H and O–H groups in total. The molecule has 0 fully saturated rings. The van der Waals surface area contributed by atoms with Crippen molar-refractivity contribution < 1.29 is 14.7 Å². The van der Waals surface area contributed by atoms with Gasteiger partial charge in [0.05, 0.1) is 5.92 Å². The highest BCUT2D eigenvalue weighted by Crippen LogP contribution is 2.32. The minimum atomic E-state index is -0.834. The molecule has 110 valence electrons. The Morgan fingerprint density at radius 2 is 2.15 bits per heavy atom. The third kappa shape index (κ3) is 2.94. The van der Waals surface area contributed by atoms with Crippen LogP contribution in [-0.2, 0) is 11.3 Å². The van der Waals surface area contributed by atoms with Crippen LogP contribution in [0.15, 0.2) is 18.2 Å². The number of carbonyl (C=O) groups is 2. The predicted molar refractivity (Wildman–Crippen MR) is 77.8 cm³/mol. The summed E-state index contributed by atoms with van der Waals surface area (Å²) in [5, 5.41) is 9.20. The summed E-state index contributed by atoms with van der Waals surface area (Å²) >= 11 is 0. The number of nitrogens with one attached hydrogen (secondary N) is 2. The number of fused-ring (bicyclic) bond motifs is 1. The lowest BCUT2D eigenvalue weighted by Crippen LogP contribution is -2.43. The van der Waals surface area contributed by atoms with Crippen LogP contribution in [0.4, 0.5) is 0 Å². The zero-order chi connectivity index (χ0) is 14.0. The van der Waals surface area contributed by atoms with Crippen molar-refractivity contribution in [3.63, 3.8) is 0 Å². The Kier molecular flexibility index (Phi) is 5.53. The van der Waals surface area contributed by atoms with Crippen molar-refractivity contribution in [1.29, 1.82) is 0 Å². The van der Waals surface area contributed by atoms with Gasteiger partial charge in [0.2, 0.25) is 0 Å². The third-order valence-corrected chi connectivity index (χ3v) is 3.72.